The summed E-state index contributed by atoms with van der Waals surface area (Å²) in [7, 11) is 0. The molecular formula is C26H30ClN5O3. The van der Waals surface area contributed by atoms with Gasteiger partial charge in [0.2, 0.25) is 0 Å². The molecule has 0 atom stereocenters. The number of fused-ring (bicyclic) bond motifs is 1. The molecule has 0 saturated heterocycles. The lowest BCUT2D eigenvalue weighted by Gasteiger charge is -2.42. The van der Waals surface area contributed by atoms with Gasteiger partial charge in [0.15, 0.2) is 0 Å². The summed E-state index contributed by atoms with van der Waals surface area (Å²) >= 11 is 6.39. The molecule has 1 aliphatic carbocycles. The molecule has 9 heteroatoms. The summed E-state index contributed by atoms with van der Waals surface area (Å²) < 4.78 is 5.53. The van der Waals surface area contributed by atoms with E-state index < -0.39 is 11.6 Å². The average Bonchev–Trinajstić information content (AvgIpc) is 3.21. The Morgan fingerprint density at radius 2 is 2.06 bits per heavy atom. The lowest BCUT2D eigenvalue weighted by Crippen LogP contribution is -2.52. The highest BCUT2D eigenvalue weighted by Gasteiger charge is 2.35. The molecule has 0 radical (unpaired) electrons. The highest BCUT2D eigenvalue weighted by atomic mass is 35.5. The Morgan fingerprint density at radius 3 is 2.71 bits per heavy atom. The van der Waals surface area contributed by atoms with Crippen molar-refractivity contribution in [2.75, 3.05) is 11.9 Å². The number of terminal acetylenes is 1. The molecule has 35 heavy (non-hydrogen) atoms. The van der Waals surface area contributed by atoms with E-state index >= 15 is 0 Å². The number of aromatic nitrogens is 3. The number of rotatable bonds is 6. The first kappa shape index (κ1) is 24.7. The fraction of sp³-hybridized carbons (Fsp3) is 0.423. The van der Waals surface area contributed by atoms with Crippen molar-refractivity contribution < 1.29 is 14.6 Å². The van der Waals surface area contributed by atoms with E-state index in [9.17, 15) is 9.90 Å². The Hall–Kier alpha value is -3.44. The van der Waals surface area contributed by atoms with Crippen molar-refractivity contribution in [3.63, 3.8) is 0 Å². The molecule has 3 heterocycles. The molecule has 3 aromatic rings. The highest BCUT2D eigenvalue weighted by molar-refractivity contribution is 6.29. The standard InChI is InChI=1S/C26H30ClN5O3/c1-5-10-35-19-13-20-21(15-29-24(20)28-14-19)16-11-22(27)31-23(12-16)30-17-6-8-18(9-7-17)32(25(33)34)26(2,3)4/h1,11-15,17-18H,6-10H2,2-4H3,(H,28,29)(H,30,31)(H,33,34). The van der Waals surface area contributed by atoms with Gasteiger partial charge in [-0.05, 0) is 70.2 Å². The normalized spacial score (nSPS) is 18.1. The molecule has 0 bridgehead atoms. The third kappa shape index (κ3) is 5.63. The first-order valence-electron chi connectivity index (χ1n) is 11.7. The van der Waals surface area contributed by atoms with Crippen LogP contribution in [-0.4, -0.2) is 55.3 Å². The third-order valence-corrected chi connectivity index (χ3v) is 6.47. The van der Waals surface area contributed by atoms with E-state index in [-0.39, 0.29) is 18.7 Å². The molecule has 0 aromatic carbocycles. The molecule has 0 unspecified atom stereocenters. The van der Waals surface area contributed by atoms with Gasteiger partial charge in [-0.2, -0.15) is 0 Å². The maximum atomic E-state index is 11.8. The Balaban J connectivity index is 1.50. The monoisotopic (exact) mass is 495 g/mol. The second-order valence-corrected chi connectivity index (χ2v) is 10.2. The molecule has 3 N–H and O–H groups in total. The lowest BCUT2D eigenvalue weighted by atomic mass is 9.88. The second-order valence-electron chi connectivity index (χ2n) is 9.80. The van der Waals surface area contributed by atoms with E-state index in [0.29, 0.717) is 16.7 Å². The molecule has 0 spiro atoms. The van der Waals surface area contributed by atoms with E-state index in [1.165, 1.54) is 0 Å². The van der Waals surface area contributed by atoms with Crippen molar-refractivity contribution in [1.82, 2.24) is 19.9 Å². The first-order valence-corrected chi connectivity index (χ1v) is 12.0. The maximum absolute atomic E-state index is 11.8. The minimum atomic E-state index is -0.865. The van der Waals surface area contributed by atoms with Gasteiger partial charge in [0.1, 0.15) is 29.0 Å². The van der Waals surface area contributed by atoms with Crippen LogP contribution in [0.1, 0.15) is 46.5 Å². The van der Waals surface area contributed by atoms with Crippen molar-refractivity contribution in [1.29, 1.82) is 0 Å². The molecule has 8 nitrogen and oxygen atoms in total. The molecule has 3 aromatic heterocycles. The largest absolute Gasteiger partial charge is 0.479 e. The van der Waals surface area contributed by atoms with E-state index in [1.54, 1.807) is 11.1 Å². The predicted molar refractivity (Wildman–Crippen MR) is 138 cm³/mol. The molecular weight excluding hydrogens is 466 g/mol. The quantitative estimate of drug-likeness (QED) is 0.295. The van der Waals surface area contributed by atoms with E-state index in [0.717, 1.165) is 47.8 Å². The second kappa shape index (κ2) is 10.0. The van der Waals surface area contributed by atoms with Crippen molar-refractivity contribution in [3.8, 4) is 29.2 Å². The fourth-order valence-electron chi connectivity index (χ4n) is 4.83. The summed E-state index contributed by atoms with van der Waals surface area (Å²) in [5.74, 6) is 3.73. The van der Waals surface area contributed by atoms with Crippen LogP contribution in [0.3, 0.4) is 0 Å². The lowest BCUT2D eigenvalue weighted by molar-refractivity contribution is 0.0556. The van der Waals surface area contributed by atoms with Gasteiger partial charge in [0, 0.05) is 34.8 Å². The Kier molecular flexibility index (Phi) is 7.08. The zero-order valence-corrected chi connectivity index (χ0v) is 20.9. The van der Waals surface area contributed by atoms with Crippen LogP contribution in [0.2, 0.25) is 5.15 Å². The van der Waals surface area contributed by atoms with Crippen LogP contribution in [0, 0.1) is 12.3 Å². The van der Waals surface area contributed by atoms with Gasteiger partial charge in [0.25, 0.3) is 0 Å². The number of aromatic amines is 1. The van der Waals surface area contributed by atoms with Gasteiger partial charge < -0.3 is 25.0 Å². The van der Waals surface area contributed by atoms with Gasteiger partial charge in [0.05, 0.1) is 6.20 Å². The number of anilines is 1. The number of amides is 1. The summed E-state index contributed by atoms with van der Waals surface area (Å²) in [6.07, 6.45) is 11.2. The molecule has 1 amide bonds. The minimum absolute atomic E-state index is 0.0121. The van der Waals surface area contributed by atoms with Crippen molar-refractivity contribution in [2.24, 2.45) is 0 Å². The Morgan fingerprint density at radius 1 is 1.31 bits per heavy atom. The molecule has 184 valence electrons. The summed E-state index contributed by atoms with van der Waals surface area (Å²) in [5.41, 5.74) is 2.13. The highest BCUT2D eigenvalue weighted by Crippen LogP contribution is 2.34. The van der Waals surface area contributed by atoms with Gasteiger partial charge >= 0.3 is 6.09 Å². The number of halogens is 1. The zero-order chi connectivity index (χ0) is 25.2. The number of H-pyrrole nitrogens is 1. The molecule has 1 saturated carbocycles. The fourth-order valence-corrected chi connectivity index (χ4v) is 5.04. The van der Waals surface area contributed by atoms with E-state index in [1.807, 2.05) is 45.2 Å². The minimum Gasteiger partial charge on any atom is -0.479 e. The average molecular weight is 496 g/mol. The predicted octanol–water partition coefficient (Wildman–Crippen LogP) is 5.79. The number of carbonyl (C=O) groups is 1. The van der Waals surface area contributed by atoms with Gasteiger partial charge in [-0.1, -0.05) is 17.5 Å². The smallest absolute Gasteiger partial charge is 0.407 e. The summed E-state index contributed by atoms with van der Waals surface area (Å²) in [6.45, 7) is 5.98. The molecule has 1 fully saturated rings. The maximum Gasteiger partial charge on any atom is 0.407 e. The number of hydrogen-bond acceptors (Lipinski definition) is 5. The van der Waals surface area contributed by atoms with Crippen LogP contribution in [0.15, 0.2) is 30.6 Å². The number of ether oxygens (including phenoxy) is 1. The number of hydrogen-bond donors (Lipinski definition) is 3. The summed E-state index contributed by atoms with van der Waals surface area (Å²) in [4.78, 5) is 25.5. The zero-order valence-electron chi connectivity index (χ0n) is 20.1. The SMILES string of the molecule is C#CCOc1cnc2[nH]cc(-c3cc(Cl)nc(NC4CCC(N(C(=O)O)C(C)(C)C)CC4)c3)c2c1. The van der Waals surface area contributed by atoms with E-state index in [4.69, 9.17) is 22.8 Å². The topological polar surface area (TPSA) is 103 Å². The van der Waals surface area contributed by atoms with Gasteiger partial charge in [-0.15, -0.1) is 6.42 Å². The van der Waals surface area contributed by atoms with Gasteiger partial charge in [-0.3, -0.25) is 0 Å². The van der Waals surface area contributed by atoms with Crippen molar-refractivity contribution >= 4 is 34.5 Å². The van der Waals surface area contributed by atoms with Crippen molar-refractivity contribution in [3.05, 3.63) is 35.7 Å². The molecule has 4 rings (SSSR count). The Bertz CT molecular complexity index is 1250. The van der Waals surface area contributed by atoms with Crippen molar-refractivity contribution in [2.45, 2.75) is 64.1 Å². The first-order chi connectivity index (χ1) is 16.7. The van der Waals surface area contributed by atoms with Crippen LogP contribution in [0.4, 0.5) is 10.6 Å². The van der Waals surface area contributed by atoms with Crippen LogP contribution < -0.4 is 10.1 Å². The third-order valence-electron chi connectivity index (χ3n) is 6.28. The number of nitrogens with one attached hydrogen (secondary N) is 2. The number of nitrogens with zero attached hydrogens (tertiary/aromatic N) is 3. The molecule has 1 aliphatic rings. The summed E-state index contributed by atoms with van der Waals surface area (Å²) in [5, 5.41) is 14.5. The number of carboxylic acid groups (broad SMARTS) is 1. The van der Waals surface area contributed by atoms with Crippen LogP contribution in [0.5, 0.6) is 5.75 Å². The van der Waals surface area contributed by atoms with Crippen LogP contribution in [-0.2, 0) is 0 Å². The van der Waals surface area contributed by atoms with Crippen LogP contribution in [0.25, 0.3) is 22.2 Å². The summed E-state index contributed by atoms with van der Waals surface area (Å²) in [6, 6.07) is 5.88. The van der Waals surface area contributed by atoms with Crippen LogP contribution >= 0.6 is 11.6 Å². The number of pyridine rings is 2. The van der Waals surface area contributed by atoms with Gasteiger partial charge in [-0.25, -0.2) is 14.8 Å². The Labute approximate surface area is 210 Å². The molecule has 0 aliphatic heterocycles. The van der Waals surface area contributed by atoms with E-state index in [2.05, 4.69) is 26.2 Å².